The Hall–Kier alpha value is -0.360. The fourth-order valence-corrected chi connectivity index (χ4v) is 2.30. The van der Waals surface area contributed by atoms with Crippen LogP contribution in [0.15, 0.2) is 0 Å². The molecule has 0 unspecified atom stereocenters. The van der Waals surface area contributed by atoms with Gasteiger partial charge in [-0.15, -0.1) is 0 Å². The van der Waals surface area contributed by atoms with Crippen molar-refractivity contribution in [1.82, 2.24) is 10.6 Å². The first-order valence-corrected chi connectivity index (χ1v) is 8.26. The SMILES string of the molecule is CC(C)(CNC(=S)NC1CCCC1)S(C)(=O)=O. The Morgan fingerprint density at radius 1 is 1.35 bits per heavy atom. The number of sulfone groups is 1. The molecule has 2 N–H and O–H groups in total. The molecule has 0 bridgehead atoms. The molecule has 1 aliphatic carbocycles. The molecule has 1 aliphatic rings. The predicted octanol–water partition coefficient (Wildman–Crippen LogP) is 1.22. The van der Waals surface area contributed by atoms with Crippen LogP contribution >= 0.6 is 12.2 Å². The molecular formula is C11H22N2O2S2. The predicted molar refractivity (Wildman–Crippen MR) is 74.9 cm³/mol. The summed E-state index contributed by atoms with van der Waals surface area (Å²) < 4.78 is 22.2. The average molecular weight is 278 g/mol. The Balaban J connectivity index is 2.37. The topological polar surface area (TPSA) is 58.2 Å². The Morgan fingerprint density at radius 2 is 1.88 bits per heavy atom. The van der Waals surface area contributed by atoms with Crippen molar-refractivity contribution in [3.8, 4) is 0 Å². The molecule has 0 aromatic carbocycles. The standard InChI is InChI=1S/C11H22N2O2S2/c1-11(2,17(3,14)15)8-12-10(16)13-9-6-4-5-7-9/h9H,4-8H2,1-3H3,(H2,12,13,16). The molecular weight excluding hydrogens is 256 g/mol. The van der Waals surface area contributed by atoms with Crippen molar-refractivity contribution in [3.05, 3.63) is 0 Å². The summed E-state index contributed by atoms with van der Waals surface area (Å²) in [7, 11) is -3.08. The van der Waals surface area contributed by atoms with Crippen molar-refractivity contribution >= 4 is 27.2 Å². The Kier molecular flexibility index (Phi) is 4.77. The van der Waals surface area contributed by atoms with Crippen LogP contribution in [0.1, 0.15) is 39.5 Å². The number of hydrogen-bond acceptors (Lipinski definition) is 3. The minimum Gasteiger partial charge on any atom is -0.361 e. The van der Waals surface area contributed by atoms with Gasteiger partial charge in [-0.25, -0.2) is 8.42 Å². The van der Waals surface area contributed by atoms with E-state index in [-0.39, 0.29) is 0 Å². The highest BCUT2D eigenvalue weighted by Crippen LogP contribution is 2.17. The van der Waals surface area contributed by atoms with Gasteiger partial charge in [0.25, 0.3) is 0 Å². The molecule has 0 amide bonds. The molecule has 0 heterocycles. The second kappa shape index (κ2) is 5.52. The van der Waals surface area contributed by atoms with E-state index >= 15 is 0 Å². The van der Waals surface area contributed by atoms with Crippen LogP contribution in [0.3, 0.4) is 0 Å². The third kappa shape index (κ3) is 4.43. The highest BCUT2D eigenvalue weighted by atomic mass is 32.2. The van der Waals surface area contributed by atoms with E-state index in [9.17, 15) is 8.42 Å². The minimum absolute atomic E-state index is 0.338. The first-order valence-electron chi connectivity index (χ1n) is 5.96. The minimum atomic E-state index is -3.08. The lowest BCUT2D eigenvalue weighted by Crippen LogP contribution is -2.48. The Labute approximate surface area is 109 Å². The molecule has 0 atom stereocenters. The van der Waals surface area contributed by atoms with Gasteiger partial charge in [0.05, 0.1) is 4.75 Å². The van der Waals surface area contributed by atoms with Crippen LogP contribution in [-0.4, -0.2) is 37.1 Å². The Morgan fingerprint density at radius 3 is 2.35 bits per heavy atom. The third-order valence-corrected chi connectivity index (χ3v) is 5.78. The van der Waals surface area contributed by atoms with Gasteiger partial charge >= 0.3 is 0 Å². The normalized spacial score (nSPS) is 18.1. The number of thiocarbonyl (C=S) groups is 1. The van der Waals surface area contributed by atoms with Gasteiger partial charge in [-0.05, 0) is 38.9 Å². The fraction of sp³-hybridized carbons (Fsp3) is 0.909. The maximum Gasteiger partial charge on any atom is 0.166 e. The summed E-state index contributed by atoms with van der Waals surface area (Å²) >= 11 is 5.16. The lowest BCUT2D eigenvalue weighted by Gasteiger charge is -2.24. The molecule has 1 rings (SSSR count). The molecule has 17 heavy (non-hydrogen) atoms. The molecule has 0 radical (unpaired) electrons. The number of rotatable bonds is 4. The van der Waals surface area contributed by atoms with E-state index in [1.807, 2.05) is 0 Å². The molecule has 0 aromatic rings. The highest BCUT2D eigenvalue weighted by molar-refractivity contribution is 7.92. The van der Waals surface area contributed by atoms with E-state index in [4.69, 9.17) is 12.2 Å². The quantitative estimate of drug-likeness (QED) is 0.757. The van der Waals surface area contributed by atoms with Crippen LogP contribution in [0.4, 0.5) is 0 Å². The van der Waals surface area contributed by atoms with Gasteiger partial charge in [0.15, 0.2) is 14.9 Å². The monoisotopic (exact) mass is 278 g/mol. The molecule has 0 spiro atoms. The Bertz CT molecular complexity index is 371. The van der Waals surface area contributed by atoms with Gasteiger partial charge in [0.2, 0.25) is 0 Å². The fourth-order valence-electron chi connectivity index (χ4n) is 1.73. The molecule has 0 aromatic heterocycles. The van der Waals surface area contributed by atoms with E-state index in [1.165, 1.54) is 19.1 Å². The van der Waals surface area contributed by atoms with Gasteiger partial charge in [0.1, 0.15) is 0 Å². The lowest BCUT2D eigenvalue weighted by atomic mass is 10.2. The summed E-state index contributed by atoms with van der Waals surface area (Å²) in [6.45, 7) is 3.74. The van der Waals surface area contributed by atoms with Crippen molar-refractivity contribution in [1.29, 1.82) is 0 Å². The van der Waals surface area contributed by atoms with Crippen molar-refractivity contribution in [2.24, 2.45) is 0 Å². The molecule has 0 saturated heterocycles. The van der Waals surface area contributed by atoms with Crippen molar-refractivity contribution in [3.63, 3.8) is 0 Å². The van der Waals surface area contributed by atoms with E-state index in [1.54, 1.807) is 13.8 Å². The van der Waals surface area contributed by atoms with E-state index in [0.717, 1.165) is 12.8 Å². The summed E-state index contributed by atoms with van der Waals surface area (Å²) in [6.07, 6.45) is 6.04. The van der Waals surface area contributed by atoms with Crippen LogP contribution in [0.5, 0.6) is 0 Å². The van der Waals surface area contributed by atoms with Crippen LogP contribution < -0.4 is 10.6 Å². The summed E-state index contributed by atoms with van der Waals surface area (Å²) in [5, 5.41) is 6.79. The van der Waals surface area contributed by atoms with Crippen LogP contribution in [0, 0.1) is 0 Å². The van der Waals surface area contributed by atoms with E-state index in [0.29, 0.717) is 17.7 Å². The second-order valence-electron chi connectivity index (χ2n) is 5.34. The molecule has 1 fully saturated rings. The number of hydrogen-bond donors (Lipinski definition) is 2. The van der Waals surface area contributed by atoms with E-state index < -0.39 is 14.6 Å². The first kappa shape index (κ1) is 14.7. The summed E-state index contributed by atoms with van der Waals surface area (Å²) in [4.78, 5) is 0. The van der Waals surface area contributed by atoms with Crippen molar-refractivity contribution in [2.75, 3.05) is 12.8 Å². The zero-order valence-corrected chi connectivity index (χ0v) is 12.4. The summed E-state index contributed by atoms with van der Waals surface area (Å²) in [5.41, 5.74) is 0. The maximum atomic E-state index is 11.5. The van der Waals surface area contributed by atoms with Gasteiger partial charge < -0.3 is 10.6 Å². The highest BCUT2D eigenvalue weighted by Gasteiger charge is 2.30. The second-order valence-corrected chi connectivity index (χ2v) is 8.40. The lowest BCUT2D eigenvalue weighted by molar-refractivity contribution is 0.542. The third-order valence-electron chi connectivity index (χ3n) is 3.37. The van der Waals surface area contributed by atoms with Gasteiger partial charge in [-0.2, -0.15) is 0 Å². The summed E-state index contributed by atoms with van der Waals surface area (Å²) in [5.74, 6) is 0. The van der Waals surface area contributed by atoms with Gasteiger partial charge in [-0.1, -0.05) is 12.8 Å². The first-order chi connectivity index (χ1) is 7.72. The zero-order valence-electron chi connectivity index (χ0n) is 10.7. The molecule has 6 heteroatoms. The van der Waals surface area contributed by atoms with Gasteiger partial charge in [-0.3, -0.25) is 0 Å². The van der Waals surface area contributed by atoms with Crippen LogP contribution in [-0.2, 0) is 9.84 Å². The van der Waals surface area contributed by atoms with Crippen molar-refractivity contribution in [2.45, 2.75) is 50.3 Å². The largest absolute Gasteiger partial charge is 0.361 e. The van der Waals surface area contributed by atoms with Crippen LogP contribution in [0.25, 0.3) is 0 Å². The molecule has 100 valence electrons. The van der Waals surface area contributed by atoms with Gasteiger partial charge in [0, 0.05) is 18.8 Å². The average Bonchev–Trinajstić information content (AvgIpc) is 2.66. The smallest absolute Gasteiger partial charge is 0.166 e. The number of nitrogens with one attached hydrogen (secondary N) is 2. The summed E-state index contributed by atoms with van der Waals surface area (Å²) in [6, 6.07) is 0.455. The zero-order chi connectivity index (χ0) is 13.1. The molecule has 1 saturated carbocycles. The molecule has 4 nitrogen and oxygen atoms in total. The van der Waals surface area contributed by atoms with Crippen molar-refractivity contribution < 1.29 is 8.42 Å². The maximum absolute atomic E-state index is 11.5. The molecule has 0 aliphatic heterocycles. The van der Waals surface area contributed by atoms with E-state index in [2.05, 4.69) is 10.6 Å². The van der Waals surface area contributed by atoms with Crippen LogP contribution in [0.2, 0.25) is 0 Å².